The molecule has 1 heterocycles. The molecule has 0 amide bonds. The second-order valence-electron chi connectivity index (χ2n) is 4.07. The first-order chi connectivity index (χ1) is 9.15. The van der Waals surface area contributed by atoms with E-state index in [2.05, 4.69) is 4.72 Å². The minimum atomic E-state index is -3.51. The first-order valence-electron chi connectivity index (χ1n) is 5.72. The van der Waals surface area contributed by atoms with E-state index >= 15 is 0 Å². The Morgan fingerprint density at radius 1 is 0.895 bits per heavy atom. The van der Waals surface area contributed by atoms with Gasteiger partial charge >= 0.3 is 0 Å². The van der Waals surface area contributed by atoms with Gasteiger partial charge in [0.05, 0.1) is 0 Å². The van der Waals surface area contributed by atoms with E-state index < -0.39 is 10.0 Å². The first kappa shape index (κ1) is 12.2. The number of thiophene rings is 1. The van der Waals surface area contributed by atoms with Gasteiger partial charge in [0, 0.05) is 10.4 Å². The van der Waals surface area contributed by atoms with Crippen LogP contribution < -0.4 is 4.72 Å². The van der Waals surface area contributed by atoms with Gasteiger partial charge in [-0.3, -0.25) is 4.72 Å². The molecule has 19 heavy (non-hydrogen) atoms. The van der Waals surface area contributed by atoms with E-state index in [1.807, 2.05) is 30.3 Å². The molecule has 1 N–H and O–H groups in total. The highest BCUT2D eigenvalue weighted by molar-refractivity contribution is 7.94. The zero-order valence-electron chi connectivity index (χ0n) is 9.91. The van der Waals surface area contributed by atoms with Crippen LogP contribution in [0.2, 0.25) is 0 Å². The molecule has 0 saturated heterocycles. The molecule has 3 aromatic rings. The normalized spacial score (nSPS) is 11.6. The highest BCUT2D eigenvalue weighted by atomic mass is 32.2. The summed E-state index contributed by atoms with van der Waals surface area (Å²) in [5.74, 6) is 0. The van der Waals surface area contributed by atoms with Crippen molar-refractivity contribution < 1.29 is 8.42 Å². The molecule has 3 rings (SSSR count). The third kappa shape index (κ3) is 2.47. The van der Waals surface area contributed by atoms with Gasteiger partial charge in [0.25, 0.3) is 10.0 Å². The molecule has 0 spiro atoms. The Bertz CT molecular complexity index is 775. The predicted molar refractivity (Wildman–Crippen MR) is 79.1 cm³/mol. The van der Waals surface area contributed by atoms with Crippen molar-refractivity contribution in [2.45, 2.75) is 4.21 Å². The van der Waals surface area contributed by atoms with Crippen LogP contribution in [-0.2, 0) is 10.0 Å². The maximum Gasteiger partial charge on any atom is 0.271 e. The van der Waals surface area contributed by atoms with Crippen molar-refractivity contribution in [2.75, 3.05) is 4.72 Å². The molecule has 0 aliphatic carbocycles. The Morgan fingerprint density at radius 2 is 1.58 bits per heavy atom. The number of rotatable bonds is 3. The predicted octanol–water partition coefficient (Wildman–Crippen LogP) is 3.70. The third-order valence-electron chi connectivity index (χ3n) is 2.69. The van der Waals surface area contributed by atoms with Gasteiger partial charge in [0.15, 0.2) is 0 Å². The van der Waals surface area contributed by atoms with Gasteiger partial charge in [-0.2, -0.15) is 0 Å². The Labute approximate surface area is 115 Å². The molecule has 5 heteroatoms. The van der Waals surface area contributed by atoms with Crippen LogP contribution in [0.1, 0.15) is 0 Å². The minimum absolute atomic E-state index is 0.331. The number of hydrogen-bond acceptors (Lipinski definition) is 3. The van der Waals surface area contributed by atoms with Crippen LogP contribution in [-0.4, -0.2) is 8.42 Å². The molecule has 3 nitrogen and oxygen atoms in total. The van der Waals surface area contributed by atoms with E-state index in [-0.39, 0.29) is 0 Å². The molecule has 0 aliphatic heterocycles. The maximum absolute atomic E-state index is 12.3. The molecule has 0 unspecified atom stereocenters. The minimum Gasteiger partial charge on any atom is -0.279 e. The quantitative estimate of drug-likeness (QED) is 0.799. The number of benzene rings is 2. The monoisotopic (exact) mass is 289 g/mol. The molecular formula is C14H11NO2S2. The highest BCUT2D eigenvalue weighted by Gasteiger charge is 2.17. The number of hydrogen-bond donors (Lipinski definition) is 1. The number of para-hydroxylation sites is 1. The lowest BCUT2D eigenvalue weighted by Crippen LogP contribution is -2.11. The van der Waals surface area contributed by atoms with Crippen LogP contribution in [0.25, 0.3) is 10.1 Å². The summed E-state index contributed by atoms with van der Waals surface area (Å²) in [6.45, 7) is 0. The molecule has 0 atom stereocenters. The summed E-state index contributed by atoms with van der Waals surface area (Å²) in [6.07, 6.45) is 0. The second-order valence-corrected chi connectivity index (χ2v) is 7.07. The second kappa shape index (κ2) is 4.68. The molecule has 96 valence electrons. The van der Waals surface area contributed by atoms with Crippen molar-refractivity contribution in [1.29, 1.82) is 0 Å². The van der Waals surface area contributed by atoms with Crippen LogP contribution in [0, 0.1) is 0 Å². The molecule has 0 saturated carbocycles. The van der Waals surface area contributed by atoms with Crippen molar-refractivity contribution >= 4 is 37.1 Å². The summed E-state index contributed by atoms with van der Waals surface area (Å²) in [6, 6.07) is 18.2. The van der Waals surface area contributed by atoms with Gasteiger partial charge in [0.2, 0.25) is 0 Å². The fourth-order valence-corrected chi connectivity index (χ4v) is 4.26. The van der Waals surface area contributed by atoms with Gasteiger partial charge < -0.3 is 0 Å². The van der Waals surface area contributed by atoms with Crippen molar-refractivity contribution in [1.82, 2.24) is 0 Å². The zero-order chi connectivity index (χ0) is 13.3. The molecule has 2 aromatic carbocycles. The van der Waals surface area contributed by atoms with Gasteiger partial charge in [-0.1, -0.05) is 36.4 Å². The van der Waals surface area contributed by atoms with Crippen LogP contribution in [0.3, 0.4) is 0 Å². The average Bonchev–Trinajstić information content (AvgIpc) is 2.84. The van der Waals surface area contributed by atoms with E-state index in [1.165, 1.54) is 11.3 Å². The Hall–Kier alpha value is -1.85. The van der Waals surface area contributed by atoms with Crippen molar-refractivity contribution in [3.8, 4) is 0 Å². The SMILES string of the molecule is O=S(=O)(Nc1ccccc1)c1cc2ccccc2s1. The number of fused-ring (bicyclic) bond motifs is 1. The summed E-state index contributed by atoms with van der Waals surface area (Å²) in [7, 11) is -3.51. The van der Waals surface area contributed by atoms with Crippen molar-refractivity contribution in [2.24, 2.45) is 0 Å². The van der Waals surface area contributed by atoms with Gasteiger partial charge in [-0.05, 0) is 29.7 Å². The lowest BCUT2D eigenvalue weighted by atomic mass is 10.3. The molecule has 1 aromatic heterocycles. The summed E-state index contributed by atoms with van der Waals surface area (Å²) in [5, 5.41) is 0.945. The van der Waals surface area contributed by atoms with Crippen LogP contribution >= 0.6 is 11.3 Å². The van der Waals surface area contributed by atoms with E-state index in [0.717, 1.165) is 10.1 Å². The van der Waals surface area contributed by atoms with Crippen molar-refractivity contribution in [3.63, 3.8) is 0 Å². The van der Waals surface area contributed by atoms with E-state index in [0.29, 0.717) is 9.90 Å². The molecule has 0 bridgehead atoms. The summed E-state index contributed by atoms with van der Waals surface area (Å²) < 4.78 is 28.4. The molecular weight excluding hydrogens is 278 g/mol. The Balaban J connectivity index is 2.00. The van der Waals surface area contributed by atoms with E-state index in [9.17, 15) is 8.42 Å². The lowest BCUT2D eigenvalue weighted by Gasteiger charge is -2.05. The summed E-state index contributed by atoms with van der Waals surface area (Å²) in [4.78, 5) is 0. The topological polar surface area (TPSA) is 46.2 Å². The Morgan fingerprint density at radius 3 is 2.32 bits per heavy atom. The van der Waals surface area contributed by atoms with Crippen LogP contribution in [0.5, 0.6) is 0 Å². The highest BCUT2D eigenvalue weighted by Crippen LogP contribution is 2.29. The summed E-state index contributed by atoms with van der Waals surface area (Å²) in [5.41, 5.74) is 0.569. The van der Waals surface area contributed by atoms with Crippen LogP contribution in [0.4, 0.5) is 5.69 Å². The zero-order valence-corrected chi connectivity index (χ0v) is 11.5. The van der Waals surface area contributed by atoms with Gasteiger partial charge in [-0.15, -0.1) is 11.3 Å². The first-order valence-corrected chi connectivity index (χ1v) is 8.01. The standard InChI is InChI=1S/C14H11NO2S2/c16-19(17,15-12-7-2-1-3-8-12)14-10-11-6-4-5-9-13(11)18-14/h1-10,15H. The van der Waals surface area contributed by atoms with Gasteiger partial charge in [-0.25, -0.2) is 8.42 Å². The molecule has 0 radical (unpaired) electrons. The van der Waals surface area contributed by atoms with Crippen LogP contribution in [0.15, 0.2) is 64.9 Å². The smallest absolute Gasteiger partial charge is 0.271 e. The molecule has 0 aliphatic rings. The third-order valence-corrected chi connectivity index (χ3v) is 5.66. The average molecular weight is 289 g/mol. The Kier molecular flexibility index (Phi) is 3.00. The van der Waals surface area contributed by atoms with E-state index in [4.69, 9.17) is 0 Å². The fourth-order valence-electron chi connectivity index (χ4n) is 1.80. The number of sulfonamides is 1. The number of nitrogens with one attached hydrogen (secondary N) is 1. The maximum atomic E-state index is 12.3. The molecule has 0 fully saturated rings. The van der Waals surface area contributed by atoms with Gasteiger partial charge in [0.1, 0.15) is 4.21 Å². The largest absolute Gasteiger partial charge is 0.279 e. The van der Waals surface area contributed by atoms with Crippen molar-refractivity contribution in [3.05, 3.63) is 60.7 Å². The summed E-state index contributed by atoms with van der Waals surface area (Å²) >= 11 is 1.27. The van der Waals surface area contributed by atoms with E-state index in [1.54, 1.807) is 30.3 Å². The fraction of sp³-hybridized carbons (Fsp3) is 0. The lowest BCUT2D eigenvalue weighted by molar-refractivity contribution is 0.603. The number of anilines is 1.